The number of ketones is 1. The van der Waals surface area contributed by atoms with Crippen molar-refractivity contribution in [2.75, 3.05) is 13.2 Å². The molecule has 2 aliphatic rings. The minimum atomic E-state index is 0.0429. The second-order valence-corrected chi connectivity index (χ2v) is 4.73. The molecule has 3 rings (SSSR count). The van der Waals surface area contributed by atoms with E-state index in [9.17, 15) is 4.79 Å². The third kappa shape index (κ3) is 2.07. The molecular weight excluding hydrogens is 216 g/mol. The summed E-state index contributed by atoms with van der Waals surface area (Å²) < 4.78 is 11.3. The summed E-state index contributed by atoms with van der Waals surface area (Å²) in [6, 6.07) is 7.53. The fraction of sp³-hybridized carbons (Fsp3) is 0.500. The van der Waals surface area contributed by atoms with E-state index in [2.05, 4.69) is 0 Å². The lowest BCUT2D eigenvalue weighted by atomic mass is 9.87. The lowest BCUT2D eigenvalue weighted by molar-refractivity contribution is 0.0120. The molecule has 0 amide bonds. The Morgan fingerprint density at radius 2 is 1.88 bits per heavy atom. The molecule has 1 atom stereocenters. The highest BCUT2D eigenvalue weighted by molar-refractivity contribution is 5.99. The lowest BCUT2D eigenvalue weighted by Gasteiger charge is -2.33. The highest BCUT2D eigenvalue weighted by Gasteiger charge is 2.32. The zero-order valence-corrected chi connectivity index (χ0v) is 9.72. The van der Waals surface area contributed by atoms with Crippen molar-refractivity contribution >= 4 is 5.78 Å². The van der Waals surface area contributed by atoms with Gasteiger partial charge in [-0.05, 0) is 25.0 Å². The van der Waals surface area contributed by atoms with E-state index in [0.717, 1.165) is 37.4 Å². The van der Waals surface area contributed by atoms with Gasteiger partial charge in [0.05, 0.1) is 5.56 Å². The summed E-state index contributed by atoms with van der Waals surface area (Å²) in [6.07, 6.45) is 2.56. The van der Waals surface area contributed by atoms with Crippen molar-refractivity contribution in [2.24, 2.45) is 5.92 Å². The van der Waals surface area contributed by atoms with Gasteiger partial charge in [0.25, 0.3) is 0 Å². The molecule has 0 spiro atoms. The lowest BCUT2D eigenvalue weighted by Crippen LogP contribution is -2.36. The number of fused-ring (bicyclic) bond motifs is 1. The minimum Gasteiger partial charge on any atom is -0.489 e. The molecule has 3 heteroatoms. The molecule has 0 aliphatic carbocycles. The largest absolute Gasteiger partial charge is 0.489 e. The van der Waals surface area contributed by atoms with Crippen LogP contribution in [0.1, 0.15) is 29.6 Å². The van der Waals surface area contributed by atoms with Gasteiger partial charge in [0, 0.05) is 25.6 Å². The number of benzene rings is 1. The number of carbonyl (C=O) groups is 1. The third-order valence-corrected chi connectivity index (χ3v) is 3.64. The van der Waals surface area contributed by atoms with Crippen LogP contribution in [-0.4, -0.2) is 25.1 Å². The van der Waals surface area contributed by atoms with Crippen molar-refractivity contribution in [1.29, 1.82) is 0 Å². The van der Waals surface area contributed by atoms with Gasteiger partial charge < -0.3 is 9.47 Å². The Balaban J connectivity index is 1.80. The molecule has 2 aliphatic heterocycles. The predicted octanol–water partition coefficient (Wildman–Crippen LogP) is 2.45. The summed E-state index contributed by atoms with van der Waals surface area (Å²) in [5, 5.41) is 0. The molecule has 0 aromatic heterocycles. The van der Waals surface area contributed by atoms with Crippen LogP contribution in [0.2, 0.25) is 0 Å². The standard InChI is InChI=1S/C14H16O3/c15-12-9-14(10-5-7-16-8-6-10)17-13-4-2-1-3-11(12)13/h1-4,10,14H,5-9H2. The Morgan fingerprint density at radius 3 is 2.71 bits per heavy atom. The molecule has 0 bridgehead atoms. The monoisotopic (exact) mass is 232 g/mol. The first kappa shape index (κ1) is 10.8. The number of rotatable bonds is 1. The topological polar surface area (TPSA) is 35.5 Å². The number of Topliss-reactive ketones (excluding diaryl/α,β-unsaturated/α-hetero) is 1. The molecule has 0 radical (unpaired) electrons. The van der Waals surface area contributed by atoms with Crippen molar-refractivity contribution in [3.63, 3.8) is 0 Å². The van der Waals surface area contributed by atoms with Gasteiger partial charge in [0.2, 0.25) is 0 Å². The maximum Gasteiger partial charge on any atom is 0.170 e. The Labute approximate surface area is 101 Å². The van der Waals surface area contributed by atoms with Crippen LogP contribution < -0.4 is 4.74 Å². The van der Waals surface area contributed by atoms with E-state index in [0.29, 0.717) is 12.3 Å². The summed E-state index contributed by atoms with van der Waals surface area (Å²) >= 11 is 0. The Morgan fingerprint density at radius 1 is 1.12 bits per heavy atom. The summed E-state index contributed by atoms with van der Waals surface area (Å²) in [7, 11) is 0. The number of ether oxygens (including phenoxy) is 2. The highest BCUT2D eigenvalue weighted by Crippen LogP contribution is 2.33. The van der Waals surface area contributed by atoms with E-state index in [1.165, 1.54) is 0 Å². The van der Waals surface area contributed by atoms with E-state index < -0.39 is 0 Å². The highest BCUT2D eigenvalue weighted by atomic mass is 16.5. The Hall–Kier alpha value is -1.35. The summed E-state index contributed by atoms with van der Waals surface area (Å²) in [5.41, 5.74) is 0.732. The van der Waals surface area contributed by atoms with Gasteiger partial charge >= 0.3 is 0 Å². The minimum absolute atomic E-state index is 0.0429. The van der Waals surface area contributed by atoms with E-state index >= 15 is 0 Å². The molecule has 17 heavy (non-hydrogen) atoms. The third-order valence-electron chi connectivity index (χ3n) is 3.64. The molecule has 1 unspecified atom stereocenters. The fourth-order valence-electron chi connectivity index (χ4n) is 2.65. The first-order valence-electron chi connectivity index (χ1n) is 6.21. The van der Waals surface area contributed by atoms with Gasteiger partial charge in [-0.15, -0.1) is 0 Å². The molecule has 90 valence electrons. The predicted molar refractivity (Wildman–Crippen MR) is 63.3 cm³/mol. The van der Waals surface area contributed by atoms with Gasteiger partial charge in [-0.3, -0.25) is 4.79 Å². The van der Waals surface area contributed by atoms with E-state index in [4.69, 9.17) is 9.47 Å². The van der Waals surface area contributed by atoms with Crippen molar-refractivity contribution in [1.82, 2.24) is 0 Å². The van der Waals surface area contributed by atoms with Gasteiger partial charge in [-0.1, -0.05) is 12.1 Å². The van der Waals surface area contributed by atoms with Gasteiger partial charge in [0.15, 0.2) is 5.78 Å². The SMILES string of the molecule is O=C1CC(C2CCOCC2)Oc2ccccc21. The molecular formula is C14H16O3. The molecule has 2 heterocycles. The van der Waals surface area contributed by atoms with Crippen LogP contribution in [0.25, 0.3) is 0 Å². The second-order valence-electron chi connectivity index (χ2n) is 4.73. The van der Waals surface area contributed by atoms with E-state index in [-0.39, 0.29) is 11.9 Å². The smallest absolute Gasteiger partial charge is 0.170 e. The van der Waals surface area contributed by atoms with Crippen LogP contribution in [0.3, 0.4) is 0 Å². The maximum atomic E-state index is 12.0. The molecule has 0 saturated carbocycles. The van der Waals surface area contributed by atoms with Crippen molar-refractivity contribution < 1.29 is 14.3 Å². The van der Waals surface area contributed by atoms with Crippen LogP contribution >= 0.6 is 0 Å². The normalized spacial score (nSPS) is 25.2. The van der Waals surface area contributed by atoms with Gasteiger partial charge in [-0.2, -0.15) is 0 Å². The average molecular weight is 232 g/mol. The van der Waals surface area contributed by atoms with Crippen LogP contribution in [0, 0.1) is 5.92 Å². The number of carbonyl (C=O) groups excluding carboxylic acids is 1. The Bertz CT molecular complexity index is 421. The first-order chi connectivity index (χ1) is 8.34. The van der Waals surface area contributed by atoms with Crippen molar-refractivity contribution in [3.8, 4) is 5.75 Å². The summed E-state index contributed by atoms with van der Waals surface area (Å²) in [6.45, 7) is 1.58. The maximum absolute atomic E-state index is 12.0. The zero-order chi connectivity index (χ0) is 11.7. The van der Waals surface area contributed by atoms with Crippen LogP contribution in [0.15, 0.2) is 24.3 Å². The summed E-state index contributed by atoms with van der Waals surface area (Å²) in [4.78, 5) is 12.0. The van der Waals surface area contributed by atoms with Crippen LogP contribution in [-0.2, 0) is 4.74 Å². The molecule has 1 aromatic rings. The number of para-hydroxylation sites is 1. The number of hydrogen-bond acceptors (Lipinski definition) is 3. The quantitative estimate of drug-likeness (QED) is 0.746. The molecule has 3 nitrogen and oxygen atoms in total. The van der Waals surface area contributed by atoms with Gasteiger partial charge in [0.1, 0.15) is 11.9 Å². The van der Waals surface area contributed by atoms with E-state index in [1.807, 2.05) is 24.3 Å². The summed E-state index contributed by atoms with van der Waals surface area (Å²) in [5.74, 6) is 1.42. The average Bonchev–Trinajstić information content (AvgIpc) is 2.40. The zero-order valence-electron chi connectivity index (χ0n) is 9.72. The molecule has 0 N–H and O–H groups in total. The Kier molecular flexibility index (Phi) is 2.85. The van der Waals surface area contributed by atoms with Crippen LogP contribution in [0.4, 0.5) is 0 Å². The van der Waals surface area contributed by atoms with E-state index in [1.54, 1.807) is 0 Å². The first-order valence-corrected chi connectivity index (χ1v) is 6.21. The second kappa shape index (κ2) is 4.49. The molecule has 1 aromatic carbocycles. The van der Waals surface area contributed by atoms with Crippen LogP contribution in [0.5, 0.6) is 5.75 Å². The number of hydrogen-bond donors (Lipinski definition) is 0. The van der Waals surface area contributed by atoms with Crippen molar-refractivity contribution in [3.05, 3.63) is 29.8 Å². The van der Waals surface area contributed by atoms with Crippen molar-refractivity contribution in [2.45, 2.75) is 25.4 Å². The fourth-order valence-corrected chi connectivity index (χ4v) is 2.65. The molecule has 1 fully saturated rings. The van der Waals surface area contributed by atoms with Gasteiger partial charge in [-0.25, -0.2) is 0 Å². The molecule has 1 saturated heterocycles.